The van der Waals surface area contributed by atoms with Crippen molar-refractivity contribution < 1.29 is 14.0 Å². The van der Waals surface area contributed by atoms with E-state index in [9.17, 15) is 9.59 Å². The standard InChI is InChI=1S/C19H17BrN4O3S/c1-11-9-12(2)22-19(21-11)28-10-13-3-5-14(6-4-13)17(25)23-24-18(26)15-7-8-16(20)27-15/h3-9H,10H2,1-2H3,(H,23,25)(H,24,26). The number of benzene rings is 1. The number of nitrogens with zero attached hydrogens (tertiary/aromatic N) is 2. The molecule has 0 atom stereocenters. The number of carbonyl (C=O) groups excluding carboxylic acids is 2. The van der Waals surface area contributed by atoms with Crippen LogP contribution in [0.5, 0.6) is 0 Å². The lowest BCUT2D eigenvalue weighted by Gasteiger charge is -2.07. The first kappa shape index (κ1) is 20.1. The molecule has 2 amide bonds. The Morgan fingerprint density at radius 2 is 1.64 bits per heavy atom. The maximum absolute atomic E-state index is 12.2. The maximum atomic E-state index is 12.2. The van der Waals surface area contributed by atoms with E-state index in [1.54, 1.807) is 18.2 Å². The molecule has 2 heterocycles. The fraction of sp³-hybridized carbons (Fsp3) is 0.158. The lowest BCUT2D eigenvalue weighted by molar-refractivity contribution is 0.0830. The minimum Gasteiger partial charge on any atom is -0.444 e. The molecule has 0 bridgehead atoms. The van der Waals surface area contributed by atoms with E-state index < -0.39 is 11.8 Å². The van der Waals surface area contributed by atoms with E-state index in [0.717, 1.165) is 22.1 Å². The zero-order valence-electron chi connectivity index (χ0n) is 15.2. The number of amides is 2. The minimum atomic E-state index is -0.541. The highest BCUT2D eigenvalue weighted by Gasteiger charge is 2.12. The van der Waals surface area contributed by atoms with Crippen LogP contribution in [0.15, 0.2) is 56.7 Å². The van der Waals surface area contributed by atoms with Crippen LogP contribution in [-0.2, 0) is 5.75 Å². The summed E-state index contributed by atoms with van der Waals surface area (Å²) in [5, 5.41) is 0.728. The molecule has 0 saturated heterocycles. The number of carbonyl (C=O) groups is 2. The average Bonchev–Trinajstić information content (AvgIpc) is 3.10. The van der Waals surface area contributed by atoms with Gasteiger partial charge in [0, 0.05) is 22.7 Å². The molecule has 0 aliphatic rings. The quantitative estimate of drug-likeness (QED) is 0.341. The third kappa shape index (κ3) is 5.43. The summed E-state index contributed by atoms with van der Waals surface area (Å²) >= 11 is 4.65. The van der Waals surface area contributed by atoms with Gasteiger partial charge in [-0.2, -0.15) is 0 Å². The van der Waals surface area contributed by atoms with E-state index in [2.05, 4.69) is 36.7 Å². The van der Waals surface area contributed by atoms with Crippen LogP contribution in [0.25, 0.3) is 0 Å². The summed E-state index contributed by atoms with van der Waals surface area (Å²) in [5.41, 5.74) is 8.00. The molecular weight excluding hydrogens is 444 g/mol. The minimum absolute atomic E-state index is 0.0909. The van der Waals surface area contributed by atoms with Crippen LogP contribution in [0.3, 0.4) is 0 Å². The number of hydrogen-bond donors (Lipinski definition) is 2. The fourth-order valence-corrected chi connectivity index (χ4v) is 3.55. The number of hydrazine groups is 1. The smallest absolute Gasteiger partial charge is 0.305 e. The molecule has 0 saturated carbocycles. The molecule has 144 valence electrons. The second-order valence-corrected chi connectivity index (χ2v) is 7.65. The van der Waals surface area contributed by atoms with Crippen molar-refractivity contribution in [1.29, 1.82) is 0 Å². The molecule has 0 spiro atoms. The number of aryl methyl sites for hydroxylation is 2. The Labute approximate surface area is 174 Å². The van der Waals surface area contributed by atoms with Crippen molar-refractivity contribution in [2.45, 2.75) is 24.8 Å². The van der Waals surface area contributed by atoms with Crippen LogP contribution < -0.4 is 10.9 Å². The number of hydrogen-bond acceptors (Lipinski definition) is 6. The zero-order chi connectivity index (χ0) is 20.1. The second kappa shape index (κ2) is 9.03. The van der Waals surface area contributed by atoms with Crippen molar-refractivity contribution in [3.63, 3.8) is 0 Å². The van der Waals surface area contributed by atoms with E-state index in [1.165, 1.54) is 17.8 Å². The van der Waals surface area contributed by atoms with E-state index in [4.69, 9.17) is 4.42 Å². The van der Waals surface area contributed by atoms with Crippen molar-refractivity contribution in [3.05, 3.63) is 75.4 Å². The third-order valence-electron chi connectivity index (χ3n) is 3.63. The molecule has 1 aromatic carbocycles. The molecule has 0 radical (unpaired) electrons. The highest BCUT2D eigenvalue weighted by molar-refractivity contribution is 9.10. The Morgan fingerprint density at radius 3 is 2.25 bits per heavy atom. The van der Waals surface area contributed by atoms with Crippen LogP contribution in [0, 0.1) is 13.8 Å². The van der Waals surface area contributed by atoms with Gasteiger partial charge >= 0.3 is 5.91 Å². The molecule has 2 N–H and O–H groups in total. The highest BCUT2D eigenvalue weighted by atomic mass is 79.9. The first-order valence-corrected chi connectivity index (χ1v) is 10.1. The molecule has 0 aliphatic heterocycles. The lowest BCUT2D eigenvalue weighted by Crippen LogP contribution is -2.41. The SMILES string of the molecule is Cc1cc(C)nc(SCc2ccc(C(=O)NNC(=O)c3ccc(Br)o3)cc2)n1. The third-order valence-corrected chi connectivity index (χ3v) is 4.98. The molecular formula is C19H17BrN4O3S. The number of nitrogens with one attached hydrogen (secondary N) is 2. The van der Waals surface area contributed by atoms with Gasteiger partial charge in [0.15, 0.2) is 15.6 Å². The maximum Gasteiger partial charge on any atom is 0.305 e. The Hall–Kier alpha value is -2.65. The van der Waals surface area contributed by atoms with Gasteiger partial charge in [0.25, 0.3) is 5.91 Å². The number of halogens is 1. The van der Waals surface area contributed by atoms with Crippen LogP contribution in [0.4, 0.5) is 0 Å². The van der Waals surface area contributed by atoms with Gasteiger partial charge in [-0.1, -0.05) is 23.9 Å². The second-order valence-electron chi connectivity index (χ2n) is 5.93. The zero-order valence-corrected chi connectivity index (χ0v) is 17.6. The van der Waals surface area contributed by atoms with Gasteiger partial charge < -0.3 is 4.42 Å². The lowest BCUT2D eigenvalue weighted by atomic mass is 10.1. The average molecular weight is 461 g/mol. The molecule has 0 aliphatic carbocycles. The molecule has 7 nitrogen and oxygen atoms in total. The topological polar surface area (TPSA) is 97.1 Å². The molecule has 0 unspecified atom stereocenters. The fourth-order valence-electron chi connectivity index (χ4n) is 2.34. The number of rotatable bonds is 5. The molecule has 9 heteroatoms. The van der Waals surface area contributed by atoms with Gasteiger partial charge in [0.1, 0.15) is 0 Å². The van der Waals surface area contributed by atoms with Crippen molar-refractivity contribution >= 4 is 39.5 Å². The van der Waals surface area contributed by atoms with Crippen LogP contribution in [0.2, 0.25) is 0 Å². The predicted octanol–water partition coefficient (Wildman–Crippen LogP) is 3.82. The summed E-state index contributed by atoms with van der Waals surface area (Å²) in [4.78, 5) is 32.8. The number of thioether (sulfide) groups is 1. The summed E-state index contributed by atoms with van der Waals surface area (Å²) in [6.45, 7) is 3.88. The summed E-state index contributed by atoms with van der Waals surface area (Å²) in [7, 11) is 0. The van der Waals surface area contributed by atoms with Gasteiger partial charge in [-0.05, 0) is 65.7 Å². The van der Waals surface area contributed by atoms with E-state index in [0.29, 0.717) is 16.0 Å². The summed E-state index contributed by atoms with van der Waals surface area (Å²) in [6.07, 6.45) is 0. The summed E-state index contributed by atoms with van der Waals surface area (Å²) in [6, 6.07) is 12.1. The largest absolute Gasteiger partial charge is 0.444 e. The first-order valence-electron chi connectivity index (χ1n) is 8.31. The summed E-state index contributed by atoms with van der Waals surface area (Å²) in [5.74, 6) is -0.181. The van der Waals surface area contributed by atoms with Crippen molar-refractivity contribution in [3.8, 4) is 0 Å². The number of furan rings is 1. The molecule has 28 heavy (non-hydrogen) atoms. The normalized spacial score (nSPS) is 10.5. The number of aromatic nitrogens is 2. The Kier molecular flexibility index (Phi) is 6.48. The highest BCUT2D eigenvalue weighted by Crippen LogP contribution is 2.20. The van der Waals surface area contributed by atoms with E-state index >= 15 is 0 Å². The van der Waals surface area contributed by atoms with Gasteiger partial charge in [0.2, 0.25) is 0 Å². The van der Waals surface area contributed by atoms with Gasteiger partial charge in [0.05, 0.1) is 0 Å². The first-order chi connectivity index (χ1) is 13.4. The van der Waals surface area contributed by atoms with Crippen LogP contribution in [-0.4, -0.2) is 21.8 Å². The van der Waals surface area contributed by atoms with Gasteiger partial charge in [-0.15, -0.1) is 0 Å². The van der Waals surface area contributed by atoms with Crippen molar-refractivity contribution in [2.75, 3.05) is 0 Å². The molecule has 3 aromatic rings. The Balaban J connectivity index is 1.53. The molecule has 0 fully saturated rings. The Morgan fingerprint density at radius 1 is 1.00 bits per heavy atom. The van der Waals surface area contributed by atoms with Crippen molar-refractivity contribution in [2.24, 2.45) is 0 Å². The van der Waals surface area contributed by atoms with Crippen molar-refractivity contribution in [1.82, 2.24) is 20.8 Å². The molecule has 2 aromatic heterocycles. The van der Waals surface area contributed by atoms with E-state index in [1.807, 2.05) is 32.0 Å². The molecule has 3 rings (SSSR count). The van der Waals surface area contributed by atoms with Crippen LogP contribution in [0.1, 0.15) is 37.9 Å². The van der Waals surface area contributed by atoms with Crippen LogP contribution >= 0.6 is 27.7 Å². The monoisotopic (exact) mass is 460 g/mol. The predicted molar refractivity (Wildman–Crippen MR) is 109 cm³/mol. The Bertz CT molecular complexity index is 984. The van der Waals surface area contributed by atoms with Gasteiger partial charge in [-0.25, -0.2) is 9.97 Å². The van der Waals surface area contributed by atoms with E-state index in [-0.39, 0.29) is 5.76 Å². The summed E-state index contributed by atoms with van der Waals surface area (Å²) < 4.78 is 5.55. The van der Waals surface area contributed by atoms with Gasteiger partial charge in [-0.3, -0.25) is 20.4 Å².